The van der Waals surface area contributed by atoms with Crippen LogP contribution in [0.5, 0.6) is 0 Å². The number of carbonyl (C=O) groups excluding carboxylic acids is 1. The number of thiophene rings is 1. The zero-order chi connectivity index (χ0) is 13.2. The molecule has 1 fully saturated rings. The van der Waals surface area contributed by atoms with Gasteiger partial charge in [-0.05, 0) is 23.8 Å². The van der Waals surface area contributed by atoms with Crippen molar-refractivity contribution in [3.8, 4) is 0 Å². The summed E-state index contributed by atoms with van der Waals surface area (Å²) in [6.07, 6.45) is 1.07. The van der Waals surface area contributed by atoms with Gasteiger partial charge in [-0.15, -0.1) is 11.3 Å². The molecular formula is C13H17NO3S2. The maximum atomic E-state index is 12.5. The fraction of sp³-hybridized carbons (Fsp3) is 0.615. The van der Waals surface area contributed by atoms with Crippen molar-refractivity contribution in [1.82, 2.24) is 4.90 Å². The van der Waals surface area contributed by atoms with Gasteiger partial charge in [0.1, 0.15) is 0 Å². The van der Waals surface area contributed by atoms with Crippen molar-refractivity contribution in [2.45, 2.75) is 18.2 Å². The van der Waals surface area contributed by atoms with E-state index < -0.39 is 0 Å². The number of hydrogen-bond donors (Lipinski definition) is 1. The van der Waals surface area contributed by atoms with Gasteiger partial charge >= 0.3 is 0 Å². The van der Waals surface area contributed by atoms with Crippen LogP contribution in [0.3, 0.4) is 0 Å². The van der Waals surface area contributed by atoms with Crippen molar-refractivity contribution >= 4 is 29.0 Å². The highest BCUT2D eigenvalue weighted by molar-refractivity contribution is 7.98. The summed E-state index contributed by atoms with van der Waals surface area (Å²) in [6.45, 7) is 1.53. The summed E-state index contributed by atoms with van der Waals surface area (Å²) in [7, 11) is 0. The minimum atomic E-state index is -0.199. The van der Waals surface area contributed by atoms with Gasteiger partial charge in [-0.25, -0.2) is 0 Å². The van der Waals surface area contributed by atoms with Crippen LogP contribution in [0.2, 0.25) is 0 Å². The standard InChI is InChI=1S/C13H17NO3S2/c15-6-10-7-17-3-2-14(10)13(16)12-5-9-8-18-4-1-11(9)19-12/h5,10,15H,1-4,6-8H2. The third-order valence-corrected chi connectivity index (χ3v) is 5.77. The van der Waals surface area contributed by atoms with Gasteiger partial charge in [0, 0.05) is 17.2 Å². The zero-order valence-corrected chi connectivity index (χ0v) is 12.3. The maximum absolute atomic E-state index is 12.5. The van der Waals surface area contributed by atoms with E-state index in [0.29, 0.717) is 19.8 Å². The number of carbonyl (C=O) groups is 1. The first kappa shape index (κ1) is 13.4. The van der Waals surface area contributed by atoms with E-state index in [0.717, 1.165) is 22.8 Å². The summed E-state index contributed by atoms with van der Waals surface area (Å²) in [6, 6.07) is 1.84. The molecule has 0 bridgehead atoms. The number of aliphatic hydroxyl groups excluding tert-OH is 1. The van der Waals surface area contributed by atoms with E-state index in [1.807, 2.05) is 17.8 Å². The molecule has 3 heterocycles. The Morgan fingerprint density at radius 2 is 2.47 bits per heavy atom. The van der Waals surface area contributed by atoms with Crippen LogP contribution in [0.4, 0.5) is 0 Å². The Kier molecular flexibility index (Phi) is 4.12. The van der Waals surface area contributed by atoms with Gasteiger partial charge in [-0.2, -0.15) is 11.8 Å². The summed E-state index contributed by atoms with van der Waals surface area (Å²) in [4.78, 5) is 16.5. The van der Waals surface area contributed by atoms with E-state index in [2.05, 4.69) is 0 Å². The van der Waals surface area contributed by atoms with Gasteiger partial charge in [0.25, 0.3) is 5.91 Å². The predicted molar refractivity (Wildman–Crippen MR) is 76.9 cm³/mol. The second-order valence-electron chi connectivity index (χ2n) is 4.77. The zero-order valence-electron chi connectivity index (χ0n) is 10.6. The lowest BCUT2D eigenvalue weighted by atomic mass is 10.2. The van der Waals surface area contributed by atoms with Crippen molar-refractivity contribution < 1.29 is 14.6 Å². The number of rotatable bonds is 2. The van der Waals surface area contributed by atoms with Crippen molar-refractivity contribution in [3.05, 3.63) is 21.4 Å². The topological polar surface area (TPSA) is 49.8 Å². The van der Waals surface area contributed by atoms with Crippen LogP contribution in [0.15, 0.2) is 6.07 Å². The molecule has 0 aromatic carbocycles. The smallest absolute Gasteiger partial charge is 0.264 e. The Morgan fingerprint density at radius 3 is 3.26 bits per heavy atom. The lowest BCUT2D eigenvalue weighted by Crippen LogP contribution is -2.50. The molecule has 1 saturated heterocycles. The first-order chi connectivity index (χ1) is 9.29. The van der Waals surface area contributed by atoms with Crippen LogP contribution >= 0.6 is 23.1 Å². The first-order valence-corrected chi connectivity index (χ1v) is 8.45. The van der Waals surface area contributed by atoms with Gasteiger partial charge in [0.2, 0.25) is 0 Å². The van der Waals surface area contributed by atoms with Gasteiger partial charge in [-0.1, -0.05) is 0 Å². The lowest BCUT2D eigenvalue weighted by Gasteiger charge is -2.34. The second kappa shape index (κ2) is 5.83. The highest BCUT2D eigenvalue weighted by Crippen LogP contribution is 2.32. The summed E-state index contributed by atoms with van der Waals surface area (Å²) in [5, 5.41) is 9.35. The second-order valence-corrected chi connectivity index (χ2v) is 7.01. The van der Waals surface area contributed by atoms with E-state index >= 15 is 0 Å². The van der Waals surface area contributed by atoms with Crippen molar-refractivity contribution in [3.63, 3.8) is 0 Å². The van der Waals surface area contributed by atoms with Crippen molar-refractivity contribution in [1.29, 1.82) is 0 Å². The highest BCUT2D eigenvalue weighted by Gasteiger charge is 2.29. The van der Waals surface area contributed by atoms with Crippen LogP contribution in [-0.2, 0) is 16.9 Å². The van der Waals surface area contributed by atoms with Gasteiger partial charge in [-0.3, -0.25) is 4.79 Å². The Labute approximate surface area is 120 Å². The van der Waals surface area contributed by atoms with Gasteiger partial charge in [0.05, 0.1) is 30.7 Å². The van der Waals surface area contributed by atoms with Crippen molar-refractivity contribution in [2.24, 2.45) is 0 Å². The quantitative estimate of drug-likeness (QED) is 0.896. The fourth-order valence-corrected chi connectivity index (χ4v) is 4.80. The fourth-order valence-electron chi connectivity index (χ4n) is 2.47. The Balaban J connectivity index is 1.80. The molecular weight excluding hydrogens is 282 g/mol. The van der Waals surface area contributed by atoms with E-state index in [1.54, 1.807) is 16.2 Å². The van der Waals surface area contributed by atoms with Crippen molar-refractivity contribution in [2.75, 3.05) is 32.1 Å². The third kappa shape index (κ3) is 2.67. The first-order valence-electron chi connectivity index (χ1n) is 6.48. The molecule has 1 unspecified atom stereocenters. The van der Waals surface area contributed by atoms with Crippen LogP contribution in [0, 0.1) is 0 Å². The SMILES string of the molecule is O=C(c1cc2c(s1)CCSC2)N1CCOCC1CO. The summed E-state index contributed by atoms with van der Waals surface area (Å²) in [5.41, 5.74) is 1.32. The van der Waals surface area contributed by atoms with Crippen LogP contribution in [0.1, 0.15) is 20.1 Å². The molecule has 104 valence electrons. The number of nitrogens with zero attached hydrogens (tertiary/aromatic N) is 1. The van der Waals surface area contributed by atoms with Gasteiger partial charge in [0.15, 0.2) is 0 Å². The van der Waals surface area contributed by atoms with E-state index in [4.69, 9.17) is 4.74 Å². The summed E-state index contributed by atoms with van der Waals surface area (Å²) >= 11 is 3.55. The molecule has 4 nitrogen and oxygen atoms in total. The maximum Gasteiger partial charge on any atom is 0.264 e. The van der Waals surface area contributed by atoms with Crippen LogP contribution in [-0.4, -0.2) is 54.1 Å². The molecule has 19 heavy (non-hydrogen) atoms. The molecule has 1 N–H and O–H groups in total. The van der Waals surface area contributed by atoms with Gasteiger partial charge < -0.3 is 14.7 Å². The number of aryl methyl sites for hydroxylation is 1. The molecule has 1 aromatic rings. The highest BCUT2D eigenvalue weighted by atomic mass is 32.2. The number of ether oxygens (including phenoxy) is 1. The van der Waals surface area contributed by atoms with E-state index in [9.17, 15) is 9.90 Å². The predicted octanol–water partition coefficient (Wildman–Crippen LogP) is 1.37. The number of thioether (sulfide) groups is 1. The number of aliphatic hydroxyl groups is 1. The third-order valence-electron chi connectivity index (χ3n) is 3.54. The molecule has 1 atom stereocenters. The lowest BCUT2D eigenvalue weighted by molar-refractivity contribution is -0.0181. The molecule has 6 heteroatoms. The minimum Gasteiger partial charge on any atom is -0.394 e. The number of hydrogen-bond acceptors (Lipinski definition) is 5. The molecule has 0 radical (unpaired) electrons. The van der Waals surface area contributed by atoms with Crippen LogP contribution in [0.25, 0.3) is 0 Å². The molecule has 3 rings (SSSR count). The summed E-state index contributed by atoms with van der Waals surface area (Å²) in [5.74, 6) is 2.22. The molecule has 0 aliphatic carbocycles. The largest absolute Gasteiger partial charge is 0.394 e. The minimum absolute atomic E-state index is 0.0350. The molecule has 1 amide bonds. The molecule has 0 saturated carbocycles. The number of amides is 1. The summed E-state index contributed by atoms with van der Waals surface area (Å²) < 4.78 is 5.32. The van der Waals surface area contributed by atoms with E-state index in [-0.39, 0.29) is 18.6 Å². The molecule has 2 aliphatic heterocycles. The normalized spacial score (nSPS) is 23.2. The monoisotopic (exact) mass is 299 g/mol. The number of morpholine rings is 1. The van der Waals surface area contributed by atoms with Crippen LogP contribution < -0.4 is 0 Å². The Morgan fingerprint density at radius 1 is 1.58 bits per heavy atom. The Hall–Kier alpha value is -0.560. The Bertz CT molecular complexity index is 451. The molecule has 1 aromatic heterocycles. The van der Waals surface area contributed by atoms with E-state index in [1.165, 1.54) is 10.4 Å². The average molecular weight is 299 g/mol. The average Bonchev–Trinajstić information content (AvgIpc) is 2.90. The number of fused-ring (bicyclic) bond motifs is 1. The molecule has 2 aliphatic rings. The molecule has 0 spiro atoms.